The highest BCUT2D eigenvalue weighted by Gasteiger charge is 2.34. The highest BCUT2D eigenvalue weighted by atomic mass is 16.3. The second-order valence-electron chi connectivity index (χ2n) is 3.30. The van der Waals surface area contributed by atoms with Gasteiger partial charge in [0.15, 0.2) is 0 Å². The van der Waals surface area contributed by atoms with Gasteiger partial charge in [-0.15, -0.1) is 0 Å². The van der Waals surface area contributed by atoms with Crippen molar-refractivity contribution in [2.24, 2.45) is 5.92 Å². The van der Waals surface area contributed by atoms with Crippen LogP contribution in [0, 0.1) is 5.92 Å². The third-order valence-corrected chi connectivity index (χ3v) is 2.46. The third kappa shape index (κ3) is 1.76. The second kappa shape index (κ2) is 3.87. The maximum absolute atomic E-state index is 9.50. The van der Waals surface area contributed by atoms with Crippen molar-refractivity contribution in [2.75, 3.05) is 0 Å². The summed E-state index contributed by atoms with van der Waals surface area (Å²) in [5.74, 6) is 0.0520. The zero-order valence-corrected chi connectivity index (χ0v) is 7.40. The predicted molar refractivity (Wildman–Crippen MR) is 48.7 cm³/mol. The summed E-state index contributed by atoms with van der Waals surface area (Å²) in [5.41, 5.74) is 0.778. The van der Waals surface area contributed by atoms with Crippen LogP contribution in [0.3, 0.4) is 0 Å². The number of rotatable bonds is 2. The van der Waals surface area contributed by atoms with Crippen LogP contribution < -0.4 is 0 Å². The fourth-order valence-electron chi connectivity index (χ4n) is 1.63. The van der Waals surface area contributed by atoms with E-state index in [-0.39, 0.29) is 5.92 Å². The van der Waals surface area contributed by atoms with Gasteiger partial charge >= 0.3 is 0 Å². The minimum atomic E-state index is -0.504. The van der Waals surface area contributed by atoms with Crippen molar-refractivity contribution in [1.82, 2.24) is 0 Å². The van der Waals surface area contributed by atoms with Gasteiger partial charge in [0, 0.05) is 12.3 Å². The summed E-state index contributed by atoms with van der Waals surface area (Å²) in [4.78, 5) is 0. The van der Waals surface area contributed by atoms with Crippen LogP contribution in [-0.4, -0.2) is 22.4 Å². The molecule has 1 aliphatic rings. The van der Waals surface area contributed by atoms with Crippen LogP contribution in [0.1, 0.15) is 19.8 Å². The molecule has 0 radical (unpaired) electrons. The van der Waals surface area contributed by atoms with Crippen molar-refractivity contribution < 1.29 is 10.2 Å². The number of aliphatic hydroxyl groups excluding tert-OH is 2. The molecule has 2 N–H and O–H groups in total. The first-order valence-corrected chi connectivity index (χ1v) is 4.32. The fraction of sp³-hybridized carbons (Fsp3) is 0.600. The van der Waals surface area contributed by atoms with Crippen molar-refractivity contribution in [3.8, 4) is 0 Å². The van der Waals surface area contributed by atoms with E-state index in [1.807, 2.05) is 19.1 Å². The minimum absolute atomic E-state index is 0.0520. The van der Waals surface area contributed by atoms with Crippen LogP contribution in [0.4, 0.5) is 0 Å². The lowest BCUT2D eigenvalue weighted by Gasteiger charge is -2.12. The Morgan fingerprint density at radius 3 is 2.67 bits per heavy atom. The topological polar surface area (TPSA) is 40.5 Å². The molecule has 1 unspecified atom stereocenters. The Kier molecular flexibility index (Phi) is 3.06. The van der Waals surface area contributed by atoms with Gasteiger partial charge in [0.2, 0.25) is 0 Å². The Bertz CT molecular complexity index is 196. The fourth-order valence-corrected chi connectivity index (χ4v) is 1.63. The maximum atomic E-state index is 9.50. The number of hydrogen-bond acceptors (Lipinski definition) is 2. The average molecular weight is 168 g/mol. The largest absolute Gasteiger partial charge is 0.392 e. The van der Waals surface area contributed by atoms with Crippen LogP contribution >= 0.6 is 0 Å². The molecule has 0 heterocycles. The molecule has 1 saturated carbocycles. The lowest BCUT2D eigenvalue weighted by Crippen LogP contribution is -2.12. The molecule has 0 amide bonds. The Morgan fingerprint density at radius 2 is 2.25 bits per heavy atom. The summed E-state index contributed by atoms with van der Waals surface area (Å²) in [5, 5.41) is 18.9. The van der Waals surface area contributed by atoms with Crippen LogP contribution in [-0.2, 0) is 0 Å². The first-order chi connectivity index (χ1) is 5.66. The van der Waals surface area contributed by atoms with E-state index in [9.17, 15) is 10.2 Å². The van der Waals surface area contributed by atoms with Gasteiger partial charge in [0.25, 0.3) is 0 Å². The maximum Gasteiger partial charge on any atom is 0.0776 e. The van der Waals surface area contributed by atoms with Crippen LogP contribution in [0.15, 0.2) is 24.3 Å². The molecular weight excluding hydrogens is 152 g/mol. The summed E-state index contributed by atoms with van der Waals surface area (Å²) >= 11 is 0. The molecule has 1 fully saturated rings. The standard InChI is InChI=1S/C10H16O2/c1-3-4-5-8-7(2)9(11)6-10(8)12/h3-4,8-12H,2,5-6H2,1H3/t8?,9-,10+/m1/s1. The molecule has 1 aliphatic carbocycles. The van der Waals surface area contributed by atoms with E-state index in [2.05, 4.69) is 6.58 Å². The highest BCUT2D eigenvalue weighted by molar-refractivity contribution is 5.17. The van der Waals surface area contributed by atoms with Gasteiger partial charge in [-0.25, -0.2) is 0 Å². The van der Waals surface area contributed by atoms with Gasteiger partial charge < -0.3 is 10.2 Å². The Hall–Kier alpha value is -0.600. The quantitative estimate of drug-likeness (QED) is 0.609. The zero-order chi connectivity index (χ0) is 9.14. The molecule has 0 spiro atoms. The summed E-state index contributed by atoms with van der Waals surface area (Å²) in [7, 11) is 0. The lowest BCUT2D eigenvalue weighted by molar-refractivity contribution is 0.120. The Morgan fingerprint density at radius 1 is 1.58 bits per heavy atom. The third-order valence-electron chi connectivity index (χ3n) is 2.46. The van der Waals surface area contributed by atoms with Crippen molar-refractivity contribution >= 4 is 0 Å². The smallest absolute Gasteiger partial charge is 0.0776 e. The zero-order valence-electron chi connectivity index (χ0n) is 7.40. The van der Waals surface area contributed by atoms with Gasteiger partial charge in [-0.05, 0) is 18.9 Å². The second-order valence-corrected chi connectivity index (χ2v) is 3.30. The van der Waals surface area contributed by atoms with Crippen molar-refractivity contribution in [1.29, 1.82) is 0 Å². The first-order valence-electron chi connectivity index (χ1n) is 4.32. The number of aliphatic hydroxyl groups is 2. The molecule has 0 aromatic heterocycles. The van der Waals surface area contributed by atoms with E-state index in [1.165, 1.54) is 0 Å². The molecule has 0 aromatic carbocycles. The van der Waals surface area contributed by atoms with Crippen molar-refractivity contribution in [3.63, 3.8) is 0 Å². The molecule has 3 atom stereocenters. The summed E-state index contributed by atoms with van der Waals surface area (Å²) in [6.45, 7) is 5.72. The molecule has 0 aliphatic heterocycles. The normalized spacial score (nSPS) is 36.6. The van der Waals surface area contributed by atoms with Gasteiger partial charge in [-0.1, -0.05) is 18.7 Å². The number of hydrogen-bond donors (Lipinski definition) is 2. The minimum Gasteiger partial charge on any atom is -0.392 e. The molecule has 2 heteroatoms. The van der Waals surface area contributed by atoms with Crippen molar-refractivity contribution in [2.45, 2.75) is 32.0 Å². The monoisotopic (exact) mass is 168 g/mol. The van der Waals surface area contributed by atoms with Gasteiger partial charge in [-0.2, -0.15) is 0 Å². The van der Waals surface area contributed by atoms with Gasteiger partial charge in [0.1, 0.15) is 0 Å². The predicted octanol–water partition coefficient (Wildman–Crippen LogP) is 1.25. The Balaban J connectivity index is 2.57. The SMILES string of the molecule is C=C1C(CC=CC)[C@@H](O)C[C@H]1O. The summed E-state index contributed by atoms with van der Waals surface area (Å²) < 4.78 is 0. The van der Waals surface area contributed by atoms with E-state index in [0.29, 0.717) is 6.42 Å². The van der Waals surface area contributed by atoms with E-state index >= 15 is 0 Å². The van der Waals surface area contributed by atoms with E-state index < -0.39 is 12.2 Å². The molecule has 0 bridgehead atoms. The number of allylic oxidation sites excluding steroid dienone is 2. The summed E-state index contributed by atoms with van der Waals surface area (Å²) in [6, 6.07) is 0. The van der Waals surface area contributed by atoms with E-state index in [4.69, 9.17) is 0 Å². The van der Waals surface area contributed by atoms with Crippen molar-refractivity contribution in [3.05, 3.63) is 24.3 Å². The van der Waals surface area contributed by atoms with Gasteiger partial charge in [0.05, 0.1) is 12.2 Å². The lowest BCUT2D eigenvalue weighted by atomic mass is 9.98. The molecule has 0 saturated heterocycles. The average Bonchev–Trinajstić information content (AvgIpc) is 2.25. The molecule has 68 valence electrons. The van der Waals surface area contributed by atoms with Crippen LogP contribution in [0.25, 0.3) is 0 Å². The molecule has 12 heavy (non-hydrogen) atoms. The van der Waals surface area contributed by atoms with Crippen LogP contribution in [0.2, 0.25) is 0 Å². The van der Waals surface area contributed by atoms with Gasteiger partial charge in [-0.3, -0.25) is 0 Å². The Labute approximate surface area is 73.2 Å². The first kappa shape index (κ1) is 9.49. The molecule has 2 nitrogen and oxygen atoms in total. The highest BCUT2D eigenvalue weighted by Crippen LogP contribution is 2.33. The van der Waals surface area contributed by atoms with E-state index in [1.54, 1.807) is 0 Å². The van der Waals surface area contributed by atoms with E-state index in [0.717, 1.165) is 12.0 Å². The molecular formula is C10H16O2. The molecule has 0 aromatic rings. The molecule has 1 rings (SSSR count). The summed E-state index contributed by atoms with van der Waals surface area (Å²) in [6.07, 6.45) is 4.26. The van der Waals surface area contributed by atoms with Crippen LogP contribution in [0.5, 0.6) is 0 Å².